The number of carboxylic acid groups (broad SMARTS) is 1. The topological polar surface area (TPSA) is 128 Å². The molecular formula is C30H22N4O5S. The van der Waals surface area contributed by atoms with E-state index in [-0.39, 0.29) is 29.4 Å². The first-order valence-electron chi connectivity index (χ1n) is 12.2. The zero-order valence-electron chi connectivity index (χ0n) is 20.9. The molecule has 0 radical (unpaired) electrons. The van der Waals surface area contributed by atoms with Crippen molar-refractivity contribution < 1.29 is 24.3 Å². The molecule has 10 heteroatoms. The Kier molecular flexibility index (Phi) is 7.79. The van der Waals surface area contributed by atoms with Crippen molar-refractivity contribution in [1.82, 2.24) is 0 Å². The van der Waals surface area contributed by atoms with E-state index in [4.69, 9.17) is 0 Å². The minimum atomic E-state index is -1.19. The molecule has 0 saturated carbocycles. The molecule has 1 heterocycles. The number of aromatic carboxylic acids is 1. The molecule has 0 spiro atoms. The molecular weight excluding hydrogens is 528 g/mol. The van der Waals surface area contributed by atoms with E-state index in [2.05, 4.69) is 15.5 Å². The average Bonchev–Trinajstić information content (AvgIpc) is 3.25. The minimum Gasteiger partial charge on any atom is -0.478 e. The lowest BCUT2D eigenvalue weighted by Crippen LogP contribution is -2.30. The van der Waals surface area contributed by atoms with Crippen molar-refractivity contribution in [3.63, 3.8) is 0 Å². The standard InChI is InChI=1S/C30H22N4O5S/c35-27-18-26(29(37)34(27)22-14-10-21(11-15-22)33-32-20-6-2-1-3-7-20)40-23-16-12-19(13-17-23)31-28(36)24-8-4-5-9-25(24)30(38)39/h1-17,26H,18H2,(H,31,36)(H,38,39)/t26-/m1/s1. The molecule has 1 fully saturated rings. The molecule has 1 aliphatic heterocycles. The predicted octanol–water partition coefficient (Wildman–Crippen LogP) is 6.48. The Bertz CT molecular complexity index is 1610. The predicted molar refractivity (Wildman–Crippen MR) is 152 cm³/mol. The van der Waals surface area contributed by atoms with E-state index in [0.29, 0.717) is 17.1 Å². The van der Waals surface area contributed by atoms with Gasteiger partial charge in [-0.3, -0.25) is 14.4 Å². The second-order valence-corrected chi connectivity index (χ2v) is 10.0. The zero-order valence-corrected chi connectivity index (χ0v) is 21.7. The van der Waals surface area contributed by atoms with Crippen LogP contribution >= 0.6 is 11.8 Å². The molecule has 0 bridgehead atoms. The van der Waals surface area contributed by atoms with Crippen molar-refractivity contribution in [2.75, 3.05) is 10.2 Å². The number of carbonyl (C=O) groups is 4. The summed E-state index contributed by atoms with van der Waals surface area (Å²) >= 11 is 1.26. The first-order valence-corrected chi connectivity index (χ1v) is 13.1. The van der Waals surface area contributed by atoms with Crippen LogP contribution in [0.15, 0.2) is 118 Å². The largest absolute Gasteiger partial charge is 0.478 e. The van der Waals surface area contributed by atoms with Crippen LogP contribution in [0.2, 0.25) is 0 Å². The van der Waals surface area contributed by atoms with Gasteiger partial charge in [0.25, 0.3) is 5.91 Å². The van der Waals surface area contributed by atoms with Crippen molar-refractivity contribution in [2.24, 2.45) is 10.2 Å². The van der Waals surface area contributed by atoms with Crippen LogP contribution in [0.5, 0.6) is 0 Å². The first kappa shape index (κ1) is 26.5. The summed E-state index contributed by atoms with van der Waals surface area (Å²) in [6.45, 7) is 0. The molecule has 2 N–H and O–H groups in total. The van der Waals surface area contributed by atoms with E-state index in [1.165, 1.54) is 28.8 Å². The molecule has 0 aliphatic carbocycles. The van der Waals surface area contributed by atoms with Crippen LogP contribution in [-0.2, 0) is 9.59 Å². The SMILES string of the molecule is O=C(O)c1ccccc1C(=O)Nc1ccc(S[C@@H]2CC(=O)N(c3ccc(N=Nc4ccccc4)cc3)C2=O)cc1. The van der Waals surface area contributed by atoms with E-state index in [1.807, 2.05) is 30.3 Å². The molecule has 5 rings (SSSR count). The summed E-state index contributed by atoms with van der Waals surface area (Å²) < 4.78 is 0. The third kappa shape index (κ3) is 5.97. The molecule has 198 valence electrons. The monoisotopic (exact) mass is 550 g/mol. The van der Waals surface area contributed by atoms with Crippen molar-refractivity contribution in [1.29, 1.82) is 0 Å². The van der Waals surface area contributed by atoms with Gasteiger partial charge in [-0.1, -0.05) is 30.3 Å². The van der Waals surface area contributed by atoms with Crippen molar-refractivity contribution >= 4 is 58.2 Å². The third-order valence-corrected chi connectivity index (χ3v) is 7.24. The van der Waals surface area contributed by atoms with E-state index in [1.54, 1.807) is 60.7 Å². The number of azo groups is 1. The molecule has 1 saturated heterocycles. The Hall–Kier alpha value is -5.09. The molecule has 0 aromatic heterocycles. The number of carboxylic acids is 1. The summed E-state index contributed by atoms with van der Waals surface area (Å²) in [7, 11) is 0. The van der Waals surface area contributed by atoms with Crippen LogP contribution < -0.4 is 10.2 Å². The van der Waals surface area contributed by atoms with Gasteiger partial charge in [-0.25, -0.2) is 9.69 Å². The number of hydrogen-bond acceptors (Lipinski definition) is 7. The smallest absolute Gasteiger partial charge is 0.336 e. The fourth-order valence-electron chi connectivity index (χ4n) is 4.09. The molecule has 1 atom stereocenters. The maximum atomic E-state index is 13.1. The van der Waals surface area contributed by atoms with Gasteiger partial charge < -0.3 is 10.4 Å². The van der Waals surface area contributed by atoms with Crippen LogP contribution in [0.25, 0.3) is 0 Å². The normalized spacial score (nSPS) is 15.0. The highest BCUT2D eigenvalue weighted by Crippen LogP contribution is 2.35. The summed E-state index contributed by atoms with van der Waals surface area (Å²) in [5, 5.41) is 19.8. The fourth-order valence-corrected chi connectivity index (χ4v) is 5.15. The summed E-state index contributed by atoms with van der Waals surface area (Å²) in [5.74, 6) is -2.33. The highest BCUT2D eigenvalue weighted by Gasteiger charge is 2.40. The summed E-state index contributed by atoms with van der Waals surface area (Å²) in [6, 6.07) is 28.8. The number of anilines is 2. The van der Waals surface area contributed by atoms with Gasteiger partial charge in [-0.2, -0.15) is 10.2 Å². The van der Waals surface area contributed by atoms with Gasteiger partial charge >= 0.3 is 5.97 Å². The summed E-state index contributed by atoms with van der Waals surface area (Å²) in [4.78, 5) is 51.8. The quantitative estimate of drug-likeness (QED) is 0.191. The number of amides is 3. The highest BCUT2D eigenvalue weighted by atomic mass is 32.2. The number of nitrogens with zero attached hydrogens (tertiary/aromatic N) is 3. The van der Waals surface area contributed by atoms with Crippen molar-refractivity contribution in [3.8, 4) is 0 Å². The number of nitrogens with one attached hydrogen (secondary N) is 1. The van der Waals surface area contributed by atoms with Gasteiger partial charge in [0.05, 0.1) is 33.4 Å². The van der Waals surface area contributed by atoms with Crippen LogP contribution in [0.4, 0.5) is 22.7 Å². The van der Waals surface area contributed by atoms with E-state index >= 15 is 0 Å². The first-order chi connectivity index (χ1) is 19.4. The molecule has 1 aliphatic rings. The number of benzene rings is 4. The molecule has 9 nitrogen and oxygen atoms in total. The number of hydrogen-bond donors (Lipinski definition) is 2. The second-order valence-electron chi connectivity index (χ2n) is 8.76. The molecule has 3 amide bonds. The molecule has 4 aromatic rings. The molecule has 0 unspecified atom stereocenters. The van der Waals surface area contributed by atoms with Gasteiger partial charge in [0.2, 0.25) is 11.8 Å². The zero-order chi connectivity index (χ0) is 28.1. The molecule has 4 aromatic carbocycles. The average molecular weight is 551 g/mol. The Labute approximate surface area is 233 Å². The third-order valence-electron chi connectivity index (χ3n) is 6.04. The maximum Gasteiger partial charge on any atom is 0.336 e. The second kappa shape index (κ2) is 11.7. The Morgan fingerprint density at radius 3 is 2.02 bits per heavy atom. The van der Waals surface area contributed by atoms with Crippen molar-refractivity contribution in [2.45, 2.75) is 16.6 Å². The van der Waals surface area contributed by atoms with Gasteiger partial charge in [0.1, 0.15) is 0 Å². The van der Waals surface area contributed by atoms with Gasteiger partial charge in [-0.15, -0.1) is 11.8 Å². The lowest BCUT2D eigenvalue weighted by atomic mass is 10.1. The molecule has 40 heavy (non-hydrogen) atoms. The van der Waals surface area contributed by atoms with Crippen LogP contribution in [0.1, 0.15) is 27.1 Å². The fraction of sp³-hybridized carbons (Fsp3) is 0.0667. The van der Waals surface area contributed by atoms with Crippen molar-refractivity contribution in [3.05, 3.63) is 114 Å². The Morgan fingerprint density at radius 2 is 1.38 bits per heavy atom. The summed E-state index contributed by atoms with van der Waals surface area (Å²) in [5.41, 5.74) is 2.21. The minimum absolute atomic E-state index is 0.0518. The van der Waals surface area contributed by atoms with Gasteiger partial charge in [0, 0.05) is 17.0 Å². The number of carbonyl (C=O) groups excluding carboxylic acids is 3. The Balaban J connectivity index is 1.21. The van der Waals surface area contributed by atoms with Crippen LogP contribution in [0.3, 0.4) is 0 Å². The van der Waals surface area contributed by atoms with E-state index in [9.17, 15) is 24.3 Å². The highest BCUT2D eigenvalue weighted by molar-refractivity contribution is 8.00. The Morgan fingerprint density at radius 1 is 0.775 bits per heavy atom. The van der Waals surface area contributed by atoms with Crippen LogP contribution in [-0.4, -0.2) is 34.0 Å². The van der Waals surface area contributed by atoms with Gasteiger partial charge in [-0.05, 0) is 72.8 Å². The maximum absolute atomic E-state index is 13.1. The number of thioether (sulfide) groups is 1. The lowest BCUT2D eigenvalue weighted by Gasteiger charge is -2.15. The number of rotatable bonds is 8. The summed E-state index contributed by atoms with van der Waals surface area (Å²) in [6.07, 6.45) is 0.0590. The van der Waals surface area contributed by atoms with Crippen LogP contribution in [0, 0.1) is 0 Å². The number of imide groups is 1. The van der Waals surface area contributed by atoms with E-state index < -0.39 is 17.1 Å². The lowest BCUT2D eigenvalue weighted by molar-refractivity contribution is -0.121. The van der Waals surface area contributed by atoms with Gasteiger partial charge in [0.15, 0.2) is 0 Å². The van der Waals surface area contributed by atoms with E-state index in [0.717, 1.165) is 10.6 Å².